The second-order valence-corrected chi connectivity index (χ2v) is 7.12. The molecule has 0 saturated heterocycles. The van der Waals surface area contributed by atoms with Crippen molar-refractivity contribution in [2.24, 2.45) is 5.10 Å². The summed E-state index contributed by atoms with van der Waals surface area (Å²) in [6.45, 7) is 1.57. The highest BCUT2D eigenvalue weighted by Crippen LogP contribution is 2.46. The van der Waals surface area contributed by atoms with Gasteiger partial charge in [-0.25, -0.2) is 4.79 Å². The molecule has 1 aliphatic rings. The van der Waals surface area contributed by atoms with Crippen molar-refractivity contribution in [3.05, 3.63) is 68.7 Å². The standard InChI is InChI=1S/C18H13Cl2F3N2O2/c1-9-4-10(2-3-14(9)16(26)27)15-8-17(25-24-15,18(21,22)23)11-5-12(19)7-13(20)6-11/h2-7,25H,8H2,1H3,(H,26,27). The first-order chi connectivity index (χ1) is 12.5. The van der Waals surface area contributed by atoms with Gasteiger partial charge in [-0.3, -0.25) is 5.43 Å². The molecule has 0 radical (unpaired) electrons. The third-order valence-electron chi connectivity index (χ3n) is 4.44. The largest absolute Gasteiger partial charge is 0.478 e. The number of hydrogen-bond donors (Lipinski definition) is 2. The van der Waals surface area contributed by atoms with Crippen LogP contribution in [0.1, 0.15) is 33.5 Å². The maximum Gasteiger partial charge on any atom is 0.417 e. The molecule has 3 rings (SSSR count). The molecule has 2 aromatic rings. The first kappa shape index (κ1) is 19.5. The zero-order valence-corrected chi connectivity index (χ0v) is 15.4. The lowest BCUT2D eigenvalue weighted by atomic mass is 9.84. The summed E-state index contributed by atoms with van der Waals surface area (Å²) in [5.41, 5.74) is 0.661. The average molecular weight is 417 g/mol. The zero-order chi connectivity index (χ0) is 20.0. The maximum atomic E-state index is 14.0. The van der Waals surface area contributed by atoms with Crippen LogP contribution in [0, 0.1) is 6.92 Å². The van der Waals surface area contributed by atoms with Crippen LogP contribution in [0.4, 0.5) is 13.2 Å². The van der Waals surface area contributed by atoms with Gasteiger partial charge in [-0.05, 0) is 53.9 Å². The smallest absolute Gasteiger partial charge is 0.417 e. The number of hydrazone groups is 1. The monoisotopic (exact) mass is 416 g/mol. The number of carbonyl (C=O) groups is 1. The van der Waals surface area contributed by atoms with Crippen molar-refractivity contribution in [2.75, 3.05) is 0 Å². The van der Waals surface area contributed by atoms with Crippen LogP contribution in [-0.2, 0) is 5.54 Å². The molecular formula is C18H13Cl2F3N2O2. The van der Waals surface area contributed by atoms with Crippen LogP contribution in [0.25, 0.3) is 0 Å². The van der Waals surface area contributed by atoms with Gasteiger partial charge in [0.05, 0.1) is 11.3 Å². The van der Waals surface area contributed by atoms with Crippen LogP contribution in [-0.4, -0.2) is 23.0 Å². The van der Waals surface area contributed by atoms with E-state index in [0.29, 0.717) is 11.1 Å². The fourth-order valence-electron chi connectivity index (χ4n) is 3.04. The molecule has 0 fully saturated rings. The lowest BCUT2D eigenvalue weighted by Crippen LogP contribution is -2.49. The number of aryl methyl sites for hydroxylation is 1. The lowest BCUT2D eigenvalue weighted by Gasteiger charge is -2.32. The van der Waals surface area contributed by atoms with E-state index in [-0.39, 0.29) is 26.9 Å². The van der Waals surface area contributed by atoms with Gasteiger partial charge in [-0.1, -0.05) is 29.3 Å². The van der Waals surface area contributed by atoms with Gasteiger partial charge in [0.15, 0.2) is 5.54 Å². The second kappa shape index (κ2) is 6.73. The first-order valence-corrected chi connectivity index (χ1v) is 8.50. The van der Waals surface area contributed by atoms with E-state index in [9.17, 15) is 18.0 Å². The molecular weight excluding hydrogens is 404 g/mol. The predicted molar refractivity (Wildman–Crippen MR) is 96.6 cm³/mol. The number of carboxylic acids is 1. The van der Waals surface area contributed by atoms with Crippen molar-refractivity contribution in [3.8, 4) is 0 Å². The van der Waals surface area contributed by atoms with Gasteiger partial charge in [0.1, 0.15) is 0 Å². The van der Waals surface area contributed by atoms with Crippen molar-refractivity contribution >= 4 is 34.9 Å². The van der Waals surface area contributed by atoms with Gasteiger partial charge in [-0.15, -0.1) is 0 Å². The second-order valence-electron chi connectivity index (χ2n) is 6.24. The third kappa shape index (κ3) is 3.49. The van der Waals surface area contributed by atoms with E-state index in [1.807, 2.05) is 0 Å². The number of alkyl halides is 3. The molecule has 1 atom stereocenters. The molecule has 2 aromatic carbocycles. The summed E-state index contributed by atoms with van der Waals surface area (Å²) in [6, 6.07) is 8.03. The Morgan fingerprint density at radius 2 is 1.81 bits per heavy atom. The molecule has 0 aromatic heterocycles. The van der Waals surface area contributed by atoms with Crippen LogP contribution in [0.3, 0.4) is 0 Å². The summed E-state index contributed by atoms with van der Waals surface area (Å²) >= 11 is 11.8. The predicted octanol–water partition coefficient (Wildman–Crippen LogP) is 5.16. The fourth-order valence-corrected chi connectivity index (χ4v) is 3.56. The van der Waals surface area contributed by atoms with E-state index in [2.05, 4.69) is 10.5 Å². The molecule has 0 spiro atoms. The molecule has 9 heteroatoms. The molecule has 142 valence electrons. The average Bonchev–Trinajstić information content (AvgIpc) is 3.00. The molecule has 27 heavy (non-hydrogen) atoms. The Kier molecular flexibility index (Phi) is 4.86. The summed E-state index contributed by atoms with van der Waals surface area (Å²) in [4.78, 5) is 11.1. The van der Waals surface area contributed by atoms with Crippen molar-refractivity contribution in [1.82, 2.24) is 5.43 Å². The van der Waals surface area contributed by atoms with E-state index in [0.717, 1.165) is 0 Å². The Hall–Kier alpha value is -2.25. The summed E-state index contributed by atoms with van der Waals surface area (Å²) in [7, 11) is 0. The number of aromatic carboxylic acids is 1. The summed E-state index contributed by atoms with van der Waals surface area (Å²) in [5, 5.41) is 13.1. The number of nitrogens with one attached hydrogen (secondary N) is 1. The molecule has 0 bridgehead atoms. The minimum atomic E-state index is -4.68. The number of rotatable bonds is 3. The van der Waals surface area contributed by atoms with Gasteiger partial charge in [0.25, 0.3) is 0 Å². The van der Waals surface area contributed by atoms with Gasteiger partial charge in [-0.2, -0.15) is 18.3 Å². The Morgan fingerprint density at radius 3 is 2.33 bits per heavy atom. The van der Waals surface area contributed by atoms with E-state index in [4.69, 9.17) is 28.3 Å². The number of carboxylic acid groups (broad SMARTS) is 1. The van der Waals surface area contributed by atoms with Gasteiger partial charge < -0.3 is 5.11 Å². The van der Waals surface area contributed by atoms with Crippen LogP contribution in [0.2, 0.25) is 10.0 Å². The molecule has 0 amide bonds. The van der Waals surface area contributed by atoms with Crippen LogP contribution in [0.15, 0.2) is 41.5 Å². The highest BCUT2D eigenvalue weighted by atomic mass is 35.5. The number of hydrogen-bond acceptors (Lipinski definition) is 3. The van der Waals surface area contributed by atoms with Crippen molar-refractivity contribution < 1.29 is 23.1 Å². The molecule has 2 N–H and O–H groups in total. The van der Waals surface area contributed by atoms with Crippen LogP contribution in [0.5, 0.6) is 0 Å². The minimum Gasteiger partial charge on any atom is -0.478 e. The van der Waals surface area contributed by atoms with E-state index in [1.165, 1.54) is 36.4 Å². The maximum absolute atomic E-state index is 14.0. The summed E-state index contributed by atoms with van der Waals surface area (Å²) < 4.78 is 42.0. The molecule has 1 heterocycles. The van der Waals surface area contributed by atoms with E-state index >= 15 is 0 Å². The molecule has 4 nitrogen and oxygen atoms in total. The Bertz CT molecular complexity index is 940. The molecule has 1 unspecified atom stereocenters. The Balaban J connectivity index is 2.02. The quantitative estimate of drug-likeness (QED) is 0.726. The Morgan fingerprint density at radius 1 is 1.19 bits per heavy atom. The third-order valence-corrected chi connectivity index (χ3v) is 4.88. The number of benzene rings is 2. The summed E-state index contributed by atoms with van der Waals surface area (Å²) in [6.07, 6.45) is -5.17. The lowest BCUT2D eigenvalue weighted by molar-refractivity contribution is -0.196. The minimum absolute atomic E-state index is 0.0778. The van der Waals surface area contributed by atoms with Gasteiger partial charge in [0, 0.05) is 16.5 Å². The highest BCUT2D eigenvalue weighted by Gasteiger charge is 2.59. The molecule has 0 saturated carbocycles. The Labute approximate surface area is 162 Å². The van der Waals surface area contributed by atoms with Crippen LogP contribution < -0.4 is 5.43 Å². The highest BCUT2D eigenvalue weighted by molar-refractivity contribution is 6.34. The number of nitrogens with zero attached hydrogens (tertiary/aromatic N) is 1. The van der Waals surface area contributed by atoms with Crippen molar-refractivity contribution in [3.63, 3.8) is 0 Å². The van der Waals surface area contributed by atoms with Crippen LogP contribution >= 0.6 is 23.2 Å². The normalized spacial score (nSPS) is 19.6. The summed E-state index contributed by atoms with van der Waals surface area (Å²) in [5.74, 6) is -1.11. The first-order valence-electron chi connectivity index (χ1n) is 7.75. The fraction of sp³-hybridized carbons (Fsp3) is 0.222. The molecule has 1 aliphatic heterocycles. The van der Waals surface area contributed by atoms with Crippen molar-refractivity contribution in [1.29, 1.82) is 0 Å². The van der Waals surface area contributed by atoms with Crippen molar-refractivity contribution in [2.45, 2.75) is 25.1 Å². The van der Waals surface area contributed by atoms with Gasteiger partial charge in [0.2, 0.25) is 0 Å². The zero-order valence-electron chi connectivity index (χ0n) is 13.9. The van der Waals surface area contributed by atoms with E-state index < -0.39 is 24.1 Å². The molecule has 0 aliphatic carbocycles. The topological polar surface area (TPSA) is 61.7 Å². The van der Waals surface area contributed by atoms with E-state index in [1.54, 1.807) is 6.92 Å². The number of halogens is 5. The van der Waals surface area contributed by atoms with Gasteiger partial charge >= 0.3 is 12.1 Å². The SMILES string of the molecule is Cc1cc(C2=NNC(c3cc(Cl)cc(Cl)c3)(C(F)(F)F)C2)ccc1C(=O)O.